The van der Waals surface area contributed by atoms with Gasteiger partial charge in [0.25, 0.3) is 5.91 Å². The highest BCUT2D eigenvalue weighted by Gasteiger charge is 2.48. The van der Waals surface area contributed by atoms with Crippen LogP contribution < -0.4 is 0 Å². The number of nitrogens with zero attached hydrogens (tertiary/aromatic N) is 4. The van der Waals surface area contributed by atoms with Gasteiger partial charge < -0.3 is 14.7 Å². The molecule has 1 aliphatic rings. The van der Waals surface area contributed by atoms with Crippen molar-refractivity contribution in [3.05, 3.63) is 75.5 Å². The van der Waals surface area contributed by atoms with Crippen LogP contribution in [0.2, 0.25) is 10.0 Å². The van der Waals surface area contributed by atoms with E-state index in [1.807, 2.05) is 25.1 Å². The Bertz CT molecular complexity index is 1140. The molecule has 0 radical (unpaired) electrons. The quantitative estimate of drug-likeness (QED) is 0.462. The monoisotopic (exact) mass is 503 g/mol. The molecule has 1 amide bonds. The summed E-state index contributed by atoms with van der Waals surface area (Å²) in [5.41, 5.74) is 1.48. The fourth-order valence-corrected chi connectivity index (χ4v) is 4.65. The number of carbonyl (C=O) groups is 2. The van der Waals surface area contributed by atoms with Crippen molar-refractivity contribution in [2.75, 3.05) is 0 Å². The number of benzene rings is 2. The van der Waals surface area contributed by atoms with Gasteiger partial charge in [-0.3, -0.25) is 9.59 Å². The maximum Gasteiger partial charge on any atom is 0.306 e. The number of aliphatic carboxylic acids is 1. The molecule has 0 unspecified atom stereocenters. The Hall–Kier alpha value is -3.01. The van der Waals surface area contributed by atoms with Gasteiger partial charge in [0.15, 0.2) is 5.82 Å². The van der Waals surface area contributed by atoms with E-state index in [-0.39, 0.29) is 0 Å². The first kappa shape index (κ1) is 24.1. The van der Waals surface area contributed by atoms with Gasteiger partial charge in [-0.05, 0) is 52.2 Å². The summed E-state index contributed by atoms with van der Waals surface area (Å²) >= 11 is 12.4. The number of rotatable bonds is 8. The standard InChI is InChI=1S/C23H23Cl2N5O4/c1-2-4-17(22-26-28-29-27-22)30-20(13-7-9-15(24)10-8-13)21(14-5-3-6-16(25)11-14)34-18(23(30)33)12-19(31)32/h3,5-11,17-18,20-21H,2,4,12H2,1H3,(H,31,32)(H,26,27,28,29)/t17-,18-,20-,21-/m1/s1. The second-order valence-electron chi connectivity index (χ2n) is 8.03. The van der Waals surface area contributed by atoms with Crippen LogP contribution in [-0.4, -0.2) is 48.6 Å². The van der Waals surface area contributed by atoms with Gasteiger partial charge in [0.05, 0.1) is 18.5 Å². The summed E-state index contributed by atoms with van der Waals surface area (Å²) in [6.45, 7) is 1.99. The average molecular weight is 504 g/mol. The Labute approximate surface area is 206 Å². The summed E-state index contributed by atoms with van der Waals surface area (Å²) in [4.78, 5) is 27.0. The molecule has 0 bridgehead atoms. The summed E-state index contributed by atoms with van der Waals surface area (Å²) in [5, 5.41) is 24.8. The Morgan fingerprint density at radius 1 is 1.18 bits per heavy atom. The van der Waals surface area contributed by atoms with Crippen molar-refractivity contribution in [2.24, 2.45) is 0 Å². The molecule has 0 saturated carbocycles. The number of amides is 1. The second kappa shape index (κ2) is 10.5. The summed E-state index contributed by atoms with van der Waals surface area (Å²) < 4.78 is 6.20. The number of aromatic amines is 1. The fraction of sp³-hybridized carbons (Fsp3) is 0.348. The molecule has 4 atom stereocenters. The lowest BCUT2D eigenvalue weighted by Crippen LogP contribution is -2.52. The number of ether oxygens (including phenoxy) is 1. The summed E-state index contributed by atoms with van der Waals surface area (Å²) in [5.74, 6) is -1.17. The third-order valence-electron chi connectivity index (χ3n) is 5.75. The molecule has 1 fully saturated rings. The van der Waals surface area contributed by atoms with E-state index in [1.54, 1.807) is 35.2 Å². The van der Waals surface area contributed by atoms with Crippen LogP contribution in [0.3, 0.4) is 0 Å². The molecule has 1 saturated heterocycles. The Morgan fingerprint density at radius 3 is 2.56 bits per heavy atom. The number of carboxylic acids is 1. The molecule has 3 aromatic rings. The van der Waals surface area contributed by atoms with E-state index in [2.05, 4.69) is 20.6 Å². The first-order chi connectivity index (χ1) is 16.4. The molecule has 4 rings (SSSR count). The topological polar surface area (TPSA) is 121 Å². The number of carbonyl (C=O) groups excluding carboxylic acids is 1. The predicted molar refractivity (Wildman–Crippen MR) is 124 cm³/mol. The van der Waals surface area contributed by atoms with E-state index in [0.29, 0.717) is 27.9 Å². The third-order valence-corrected chi connectivity index (χ3v) is 6.24. The number of hydrogen-bond acceptors (Lipinski definition) is 6. The molecular weight excluding hydrogens is 481 g/mol. The minimum Gasteiger partial charge on any atom is -0.481 e. The van der Waals surface area contributed by atoms with Gasteiger partial charge in [-0.2, -0.15) is 0 Å². The lowest BCUT2D eigenvalue weighted by Gasteiger charge is -2.47. The SMILES string of the molecule is CCC[C@H](c1nnn[nH]1)N1C(=O)[C@@H](CC(=O)O)O[C@H](c2cccc(Cl)c2)[C@H]1c1ccc(Cl)cc1. The van der Waals surface area contributed by atoms with Gasteiger partial charge in [-0.25, -0.2) is 5.10 Å². The van der Waals surface area contributed by atoms with Gasteiger partial charge in [0.2, 0.25) is 0 Å². The summed E-state index contributed by atoms with van der Waals surface area (Å²) in [6, 6.07) is 13.1. The molecule has 2 N–H and O–H groups in total. The summed E-state index contributed by atoms with van der Waals surface area (Å²) in [7, 11) is 0. The van der Waals surface area contributed by atoms with E-state index in [0.717, 1.165) is 12.0 Å². The Kier molecular flexibility index (Phi) is 7.45. The molecule has 2 heterocycles. The number of aromatic nitrogens is 4. The van der Waals surface area contributed by atoms with E-state index in [4.69, 9.17) is 27.9 Å². The maximum atomic E-state index is 13.8. The average Bonchev–Trinajstić information content (AvgIpc) is 3.34. The van der Waals surface area contributed by atoms with Crippen LogP contribution in [0, 0.1) is 0 Å². The maximum absolute atomic E-state index is 13.8. The van der Waals surface area contributed by atoms with Crippen LogP contribution in [0.5, 0.6) is 0 Å². The van der Waals surface area contributed by atoms with Crippen molar-refractivity contribution >= 4 is 35.1 Å². The van der Waals surface area contributed by atoms with Gasteiger partial charge in [0, 0.05) is 10.0 Å². The molecule has 0 spiro atoms. The summed E-state index contributed by atoms with van der Waals surface area (Å²) in [6.07, 6.45) is -1.09. The second-order valence-corrected chi connectivity index (χ2v) is 8.90. The first-order valence-electron chi connectivity index (χ1n) is 10.8. The number of morpholine rings is 1. The van der Waals surface area contributed by atoms with Crippen molar-refractivity contribution in [1.29, 1.82) is 0 Å². The van der Waals surface area contributed by atoms with E-state index in [9.17, 15) is 14.7 Å². The van der Waals surface area contributed by atoms with Gasteiger partial charge >= 0.3 is 5.97 Å². The van der Waals surface area contributed by atoms with Crippen molar-refractivity contribution in [3.63, 3.8) is 0 Å². The number of halogens is 2. The zero-order chi connectivity index (χ0) is 24.2. The van der Waals surface area contributed by atoms with Gasteiger partial charge in [-0.1, -0.05) is 60.8 Å². The number of nitrogens with one attached hydrogen (secondary N) is 1. The van der Waals surface area contributed by atoms with E-state index < -0.39 is 42.6 Å². The fourth-order valence-electron chi connectivity index (χ4n) is 4.33. The lowest BCUT2D eigenvalue weighted by atomic mass is 9.89. The van der Waals surface area contributed by atoms with Crippen molar-refractivity contribution in [1.82, 2.24) is 25.5 Å². The molecular formula is C23H23Cl2N5O4. The Balaban J connectivity index is 1.90. The Morgan fingerprint density at radius 2 is 1.94 bits per heavy atom. The molecule has 34 heavy (non-hydrogen) atoms. The third kappa shape index (κ3) is 5.06. The zero-order valence-electron chi connectivity index (χ0n) is 18.3. The van der Waals surface area contributed by atoms with Crippen LogP contribution in [0.1, 0.15) is 61.3 Å². The normalized spacial score (nSPS) is 21.4. The zero-order valence-corrected chi connectivity index (χ0v) is 19.8. The number of H-pyrrole nitrogens is 1. The minimum absolute atomic E-state index is 0.412. The minimum atomic E-state index is -1.19. The van der Waals surface area contributed by atoms with Gasteiger partial charge in [0.1, 0.15) is 12.2 Å². The van der Waals surface area contributed by atoms with Crippen LogP contribution >= 0.6 is 23.2 Å². The first-order valence-corrected chi connectivity index (χ1v) is 11.6. The van der Waals surface area contributed by atoms with Crippen LogP contribution in [-0.2, 0) is 14.3 Å². The van der Waals surface area contributed by atoms with E-state index in [1.165, 1.54) is 0 Å². The molecule has 0 aliphatic carbocycles. The van der Waals surface area contributed by atoms with Crippen LogP contribution in [0.4, 0.5) is 0 Å². The number of carboxylic acid groups (broad SMARTS) is 1. The number of tetrazole rings is 1. The van der Waals surface area contributed by atoms with Crippen LogP contribution in [0.15, 0.2) is 48.5 Å². The van der Waals surface area contributed by atoms with Crippen molar-refractivity contribution < 1.29 is 19.4 Å². The molecule has 1 aliphatic heterocycles. The highest BCUT2D eigenvalue weighted by molar-refractivity contribution is 6.30. The number of hydrogen-bond donors (Lipinski definition) is 2. The highest BCUT2D eigenvalue weighted by atomic mass is 35.5. The largest absolute Gasteiger partial charge is 0.481 e. The van der Waals surface area contributed by atoms with Gasteiger partial charge in [-0.15, -0.1) is 5.10 Å². The molecule has 2 aromatic carbocycles. The van der Waals surface area contributed by atoms with Crippen LogP contribution in [0.25, 0.3) is 0 Å². The lowest BCUT2D eigenvalue weighted by molar-refractivity contribution is -0.184. The molecule has 178 valence electrons. The molecule has 11 heteroatoms. The smallest absolute Gasteiger partial charge is 0.306 e. The highest BCUT2D eigenvalue weighted by Crippen LogP contribution is 2.47. The van der Waals surface area contributed by atoms with Crippen molar-refractivity contribution in [2.45, 2.75) is 50.5 Å². The van der Waals surface area contributed by atoms with E-state index >= 15 is 0 Å². The molecule has 9 nitrogen and oxygen atoms in total. The van der Waals surface area contributed by atoms with Crippen molar-refractivity contribution in [3.8, 4) is 0 Å². The molecule has 1 aromatic heterocycles. The predicted octanol–water partition coefficient (Wildman–Crippen LogP) is 4.53.